The molecule has 1 aliphatic rings. The first-order chi connectivity index (χ1) is 4.69. The van der Waals surface area contributed by atoms with Gasteiger partial charge in [0, 0.05) is 25.7 Å². The molecule has 0 spiro atoms. The Hall–Kier alpha value is -0.640. The highest BCUT2D eigenvalue weighted by Crippen LogP contribution is 2.19. The van der Waals surface area contributed by atoms with E-state index in [4.69, 9.17) is 0 Å². The Morgan fingerprint density at radius 1 is 1.80 bits per heavy atom. The number of nitrogens with zero attached hydrogens (tertiary/aromatic N) is 2. The molecule has 10 heavy (non-hydrogen) atoms. The lowest BCUT2D eigenvalue weighted by Crippen LogP contribution is -2.41. The van der Waals surface area contributed by atoms with E-state index in [-0.39, 0.29) is 0 Å². The first-order valence-corrected chi connectivity index (χ1v) is 3.57. The third-order valence-corrected chi connectivity index (χ3v) is 2.29. The van der Waals surface area contributed by atoms with Crippen molar-refractivity contribution in [3.63, 3.8) is 0 Å². The molecule has 1 rings (SSSR count). The van der Waals surface area contributed by atoms with Crippen LogP contribution in [-0.2, 0) is 4.79 Å². The smallest absolute Gasteiger partial charge is 0.187 e. The molecule has 0 saturated heterocycles. The van der Waals surface area contributed by atoms with Crippen molar-refractivity contribution >= 4 is 28.4 Å². The Morgan fingerprint density at radius 2 is 2.50 bits per heavy atom. The summed E-state index contributed by atoms with van der Waals surface area (Å²) < 4.78 is -0.734. The number of aldehydes is 1. The van der Waals surface area contributed by atoms with E-state index in [1.807, 2.05) is 0 Å². The van der Waals surface area contributed by atoms with Crippen LogP contribution in [-0.4, -0.2) is 28.9 Å². The number of carbonyl (C=O) groups excluding carboxylic acids is 1. The van der Waals surface area contributed by atoms with Crippen LogP contribution in [0.3, 0.4) is 0 Å². The van der Waals surface area contributed by atoms with Gasteiger partial charge in [0.15, 0.2) is 10.7 Å². The molecule has 0 N–H and O–H groups in total. The minimum Gasteiger partial charge on any atom is -0.354 e. The zero-order chi connectivity index (χ0) is 7.61. The number of hydrogen-bond acceptors (Lipinski definition) is 3. The molecule has 1 heterocycles. The second-order valence-electron chi connectivity index (χ2n) is 2.03. The van der Waals surface area contributed by atoms with Gasteiger partial charge in [0.2, 0.25) is 0 Å². The van der Waals surface area contributed by atoms with Gasteiger partial charge in [0.25, 0.3) is 0 Å². The quantitative estimate of drug-likeness (QED) is 0.358. The molecule has 54 valence electrons. The predicted molar refractivity (Wildman–Crippen MR) is 43.1 cm³/mol. The second kappa shape index (κ2) is 2.54. The fraction of sp³-hybridized carbons (Fsp3) is 0.333. The maximum absolute atomic E-state index is 10.5. The van der Waals surface area contributed by atoms with E-state index in [1.54, 1.807) is 30.6 Å². The second-order valence-corrected chi connectivity index (χ2v) is 3.30. The molecular formula is C6H7BrN2O. The summed E-state index contributed by atoms with van der Waals surface area (Å²) in [5.41, 5.74) is 0. The molecule has 0 bridgehead atoms. The zero-order valence-corrected chi connectivity index (χ0v) is 7.08. The van der Waals surface area contributed by atoms with Gasteiger partial charge in [-0.3, -0.25) is 9.79 Å². The van der Waals surface area contributed by atoms with Gasteiger partial charge in [0.1, 0.15) is 0 Å². The molecule has 0 aliphatic carbocycles. The minimum absolute atomic E-state index is 0.734. The van der Waals surface area contributed by atoms with Crippen molar-refractivity contribution in [1.29, 1.82) is 0 Å². The SMILES string of the molecule is CN1C=CN=CC1(Br)C=O. The molecule has 0 amide bonds. The molecule has 3 nitrogen and oxygen atoms in total. The van der Waals surface area contributed by atoms with Gasteiger partial charge in [-0.15, -0.1) is 0 Å². The van der Waals surface area contributed by atoms with Crippen molar-refractivity contribution in [3.05, 3.63) is 12.4 Å². The normalized spacial score (nSPS) is 30.8. The van der Waals surface area contributed by atoms with Crippen molar-refractivity contribution in [3.8, 4) is 0 Å². The number of alkyl halides is 1. The number of carbonyl (C=O) groups is 1. The predicted octanol–water partition coefficient (Wildman–Crippen LogP) is 0.764. The summed E-state index contributed by atoms with van der Waals surface area (Å²) in [4.78, 5) is 16.0. The van der Waals surface area contributed by atoms with Crippen molar-refractivity contribution in [2.45, 2.75) is 4.45 Å². The Bertz CT molecular complexity index is 202. The summed E-state index contributed by atoms with van der Waals surface area (Å²) in [7, 11) is 1.80. The van der Waals surface area contributed by atoms with Crippen LogP contribution in [0.4, 0.5) is 0 Å². The average Bonchev–Trinajstić information content (AvgIpc) is 1.96. The van der Waals surface area contributed by atoms with Gasteiger partial charge in [-0.2, -0.15) is 0 Å². The molecule has 0 fully saturated rings. The van der Waals surface area contributed by atoms with Crippen LogP contribution in [0.5, 0.6) is 0 Å². The fourth-order valence-corrected chi connectivity index (χ4v) is 0.841. The topological polar surface area (TPSA) is 32.7 Å². The first kappa shape index (κ1) is 7.47. The van der Waals surface area contributed by atoms with Gasteiger partial charge in [-0.1, -0.05) is 0 Å². The van der Waals surface area contributed by atoms with Crippen molar-refractivity contribution in [1.82, 2.24) is 4.90 Å². The largest absolute Gasteiger partial charge is 0.354 e. The lowest BCUT2D eigenvalue weighted by atomic mass is 10.3. The number of halogens is 1. The third kappa shape index (κ3) is 1.11. The van der Waals surface area contributed by atoms with E-state index >= 15 is 0 Å². The van der Waals surface area contributed by atoms with Crippen LogP contribution in [0.1, 0.15) is 0 Å². The molecule has 0 aromatic carbocycles. The van der Waals surface area contributed by atoms with Crippen LogP contribution in [0, 0.1) is 0 Å². The Balaban J connectivity index is 2.87. The average molecular weight is 203 g/mol. The van der Waals surface area contributed by atoms with E-state index in [2.05, 4.69) is 20.9 Å². The summed E-state index contributed by atoms with van der Waals surface area (Å²) in [6.07, 6.45) is 5.69. The van der Waals surface area contributed by atoms with Crippen molar-refractivity contribution in [2.75, 3.05) is 7.05 Å². The zero-order valence-electron chi connectivity index (χ0n) is 5.49. The van der Waals surface area contributed by atoms with E-state index in [0.29, 0.717) is 0 Å². The first-order valence-electron chi connectivity index (χ1n) is 2.78. The van der Waals surface area contributed by atoms with Crippen LogP contribution in [0.25, 0.3) is 0 Å². The molecule has 1 atom stereocenters. The Kier molecular flexibility index (Phi) is 1.89. The van der Waals surface area contributed by atoms with Crippen molar-refractivity contribution < 1.29 is 4.79 Å². The molecule has 0 aromatic heterocycles. The lowest BCUT2D eigenvalue weighted by molar-refractivity contribution is -0.110. The lowest BCUT2D eigenvalue weighted by Gasteiger charge is -2.28. The summed E-state index contributed by atoms with van der Waals surface area (Å²) in [5.74, 6) is 0. The Labute approximate surface area is 67.6 Å². The summed E-state index contributed by atoms with van der Waals surface area (Å²) in [6.45, 7) is 0. The number of likely N-dealkylation sites (N-methyl/N-ethyl adjacent to an activating group) is 1. The third-order valence-electron chi connectivity index (χ3n) is 1.34. The van der Waals surface area contributed by atoms with Crippen molar-refractivity contribution in [2.24, 2.45) is 4.99 Å². The number of aliphatic imine (C=N–C) groups is 1. The monoisotopic (exact) mass is 202 g/mol. The maximum atomic E-state index is 10.5. The van der Waals surface area contributed by atoms with E-state index in [0.717, 1.165) is 6.29 Å². The highest BCUT2D eigenvalue weighted by Gasteiger charge is 2.28. The van der Waals surface area contributed by atoms with Crippen LogP contribution in [0.15, 0.2) is 17.4 Å². The molecule has 0 radical (unpaired) electrons. The molecule has 1 aliphatic heterocycles. The maximum Gasteiger partial charge on any atom is 0.187 e. The fourth-order valence-electron chi connectivity index (χ4n) is 0.605. The molecule has 0 saturated carbocycles. The van der Waals surface area contributed by atoms with E-state index in [9.17, 15) is 4.79 Å². The minimum atomic E-state index is -0.734. The van der Waals surface area contributed by atoms with Gasteiger partial charge in [-0.05, 0) is 15.9 Å². The van der Waals surface area contributed by atoms with E-state index < -0.39 is 4.45 Å². The molecule has 4 heteroatoms. The van der Waals surface area contributed by atoms with Gasteiger partial charge < -0.3 is 4.90 Å². The summed E-state index contributed by atoms with van der Waals surface area (Å²) >= 11 is 3.22. The van der Waals surface area contributed by atoms with Gasteiger partial charge in [0.05, 0.1) is 0 Å². The van der Waals surface area contributed by atoms with Crippen LogP contribution < -0.4 is 0 Å². The van der Waals surface area contributed by atoms with Gasteiger partial charge >= 0.3 is 0 Å². The standard InChI is InChI=1S/C6H7BrN2O/c1-9-3-2-8-4-6(9,7)5-10/h2-5H,1H3. The van der Waals surface area contributed by atoms with Crippen LogP contribution >= 0.6 is 15.9 Å². The highest BCUT2D eigenvalue weighted by molar-refractivity contribution is 9.10. The summed E-state index contributed by atoms with van der Waals surface area (Å²) in [6, 6.07) is 0. The van der Waals surface area contributed by atoms with Gasteiger partial charge in [-0.25, -0.2) is 0 Å². The molecule has 0 aromatic rings. The molecular weight excluding hydrogens is 196 g/mol. The Morgan fingerprint density at radius 3 is 2.90 bits per heavy atom. The van der Waals surface area contributed by atoms with Crippen LogP contribution in [0.2, 0.25) is 0 Å². The highest BCUT2D eigenvalue weighted by atomic mass is 79.9. The van der Waals surface area contributed by atoms with E-state index in [1.165, 1.54) is 0 Å². The number of rotatable bonds is 1. The number of hydrogen-bond donors (Lipinski definition) is 0. The molecule has 1 unspecified atom stereocenters. The summed E-state index contributed by atoms with van der Waals surface area (Å²) in [5, 5.41) is 0.